The number of hydrogen-bond donors (Lipinski definition) is 3. The molecule has 1 saturated heterocycles. The van der Waals surface area contributed by atoms with Crippen LogP contribution in [0.5, 0.6) is 0 Å². The molecule has 3 N–H and O–H groups in total. The number of amides is 3. The number of ketones is 1. The molecule has 0 spiro atoms. The van der Waals surface area contributed by atoms with Crippen LogP contribution in [0.15, 0.2) is 24.3 Å². The minimum Gasteiger partial charge on any atom is -0.347 e. The number of hydrogen-bond acceptors (Lipinski definition) is 5. The van der Waals surface area contributed by atoms with Crippen LogP contribution in [0.25, 0.3) is 0 Å². The van der Waals surface area contributed by atoms with Crippen LogP contribution >= 0.6 is 0 Å². The van der Waals surface area contributed by atoms with Gasteiger partial charge in [-0.15, -0.1) is 0 Å². The van der Waals surface area contributed by atoms with E-state index in [1.807, 2.05) is 32.0 Å². The first-order valence-corrected chi connectivity index (χ1v) is 11.4. The maximum absolute atomic E-state index is 13.3. The molecule has 0 bridgehead atoms. The largest absolute Gasteiger partial charge is 0.347 e. The summed E-state index contributed by atoms with van der Waals surface area (Å²) in [6, 6.07) is 5.79. The molecule has 174 valence electrons. The summed E-state index contributed by atoms with van der Waals surface area (Å²) < 4.78 is 0. The lowest BCUT2D eigenvalue weighted by atomic mass is 9.87. The van der Waals surface area contributed by atoms with Crippen molar-refractivity contribution in [3.05, 3.63) is 35.4 Å². The van der Waals surface area contributed by atoms with Crippen molar-refractivity contribution in [1.82, 2.24) is 20.9 Å². The predicted molar refractivity (Wildman–Crippen MR) is 121 cm³/mol. The van der Waals surface area contributed by atoms with E-state index >= 15 is 0 Å². The molecule has 1 aliphatic carbocycles. The van der Waals surface area contributed by atoms with Crippen molar-refractivity contribution < 1.29 is 19.2 Å². The molecule has 1 unspecified atom stereocenters. The van der Waals surface area contributed by atoms with Crippen LogP contribution in [0.2, 0.25) is 0 Å². The van der Waals surface area contributed by atoms with Crippen molar-refractivity contribution in [3.8, 4) is 0 Å². The van der Waals surface area contributed by atoms with E-state index in [0.717, 1.165) is 24.8 Å². The first-order valence-electron chi connectivity index (χ1n) is 11.4. The van der Waals surface area contributed by atoms with Gasteiger partial charge < -0.3 is 20.9 Å². The fraction of sp³-hybridized carbons (Fsp3) is 0.583. The monoisotopic (exact) mass is 442 g/mol. The second-order valence-electron chi connectivity index (χ2n) is 9.12. The van der Waals surface area contributed by atoms with Gasteiger partial charge in [-0.1, -0.05) is 38.1 Å². The second kappa shape index (κ2) is 10.3. The molecule has 1 aliphatic heterocycles. The SMILES string of the molecule is CN[C@@H](C)C(=O)N[C@H](C(=O)N1CC(=O)C[C@H]1C(=O)NC1CCCc2ccccc21)C(C)C. The Labute approximate surface area is 189 Å². The lowest BCUT2D eigenvalue weighted by molar-refractivity contribution is -0.143. The molecule has 2 aliphatic rings. The number of benzene rings is 1. The Kier molecular flexibility index (Phi) is 7.66. The van der Waals surface area contributed by atoms with Gasteiger partial charge in [0, 0.05) is 6.42 Å². The average Bonchev–Trinajstić information content (AvgIpc) is 3.18. The molecule has 3 rings (SSSR count). The van der Waals surface area contributed by atoms with Crippen LogP contribution in [0.1, 0.15) is 57.2 Å². The van der Waals surface area contributed by atoms with E-state index in [-0.39, 0.29) is 42.5 Å². The van der Waals surface area contributed by atoms with Gasteiger partial charge in [-0.3, -0.25) is 19.2 Å². The summed E-state index contributed by atoms with van der Waals surface area (Å²) in [5, 5.41) is 8.70. The van der Waals surface area contributed by atoms with Gasteiger partial charge in [-0.2, -0.15) is 0 Å². The van der Waals surface area contributed by atoms with Gasteiger partial charge in [0.05, 0.1) is 18.6 Å². The van der Waals surface area contributed by atoms with Gasteiger partial charge in [-0.05, 0) is 50.3 Å². The average molecular weight is 443 g/mol. The van der Waals surface area contributed by atoms with Gasteiger partial charge in [0.25, 0.3) is 0 Å². The molecule has 1 aromatic rings. The summed E-state index contributed by atoms with van der Waals surface area (Å²) in [4.78, 5) is 52.5. The molecule has 0 radical (unpaired) electrons. The fourth-order valence-corrected chi connectivity index (χ4v) is 4.43. The molecule has 1 heterocycles. The topological polar surface area (TPSA) is 108 Å². The van der Waals surface area contributed by atoms with E-state index in [4.69, 9.17) is 0 Å². The van der Waals surface area contributed by atoms with Crippen LogP contribution < -0.4 is 16.0 Å². The number of carbonyl (C=O) groups is 4. The molecule has 0 aromatic heterocycles. The Morgan fingerprint density at radius 3 is 2.53 bits per heavy atom. The van der Waals surface area contributed by atoms with Gasteiger partial charge in [0.15, 0.2) is 5.78 Å². The molecular formula is C24H34N4O4. The molecule has 1 aromatic carbocycles. The number of nitrogens with zero attached hydrogens (tertiary/aromatic N) is 1. The van der Waals surface area contributed by atoms with Crippen molar-refractivity contribution in [3.63, 3.8) is 0 Å². The highest BCUT2D eigenvalue weighted by atomic mass is 16.2. The first kappa shape index (κ1) is 23.9. The number of rotatable bonds is 7. The van der Waals surface area contributed by atoms with E-state index in [1.54, 1.807) is 14.0 Å². The molecule has 8 heteroatoms. The zero-order valence-electron chi connectivity index (χ0n) is 19.3. The third kappa shape index (κ3) is 5.18. The predicted octanol–water partition coefficient (Wildman–Crippen LogP) is 1.10. The molecule has 0 saturated carbocycles. The van der Waals surface area contributed by atoms with Crippen LogP contribution in [-0.2, 0) is 25.6 Å². The van der Waals surface area contributed by atoms with E-state index in [1.165, 1.54) is 10.5 Å². The summed E-state index contributed by atoms with van der Waals surface area (Å²) >= 11 is 0. The van der Waals surface area contributed by atoms with Crippen molar-refractivity contribution in [2.24, 2.45) is 5.92 Å². The van der Waals surface area contributed by atoms with E-state index in [9.17, 15) is 19.2 Å². The fourth-order valence-electron chi connectivity index (χ4n) is 4.43. The highest BCUT2D eigenvalue weighted by Gasteiger charge is 2.43. The van der Waals surface area contributed by atoms with Crippen LogP contribution in [0, 0.1) is 5.92 Å². The second-order valence-corrected chi connectivity index (χ2v) is 9.12. The van der Waals surface area contributed by atoms with Crippen LogP contribution in [-0.4, -0.2) is 60.1 Å². The number of likely N-dealkylation sites (N-methyl/N-ethyl adjacent to an activating group) is 1. The van der Waals surface area contributed by atoms with Crippen molar-refractivity contribution in [2.45, 2.75) is 70.6 Å². The molecular weight excluding hydrogens is 408 g/mol. The smallest absolute Gasteiger partial charge is 0.246 e. The Bertz CT molecular complexity index is 885. The maximum Gasteiger partial charge on any atom is 0.246 e. The number of carbonyl (C=O) groups excluding carboxylic acids is 4. The molecule has 8 nitrogen and oxygen atoms in total. The Morgan fingerprint density at radius 2 is 1.84 bits per heavy atom. The summed E-state index contributed by atoms with van der Waals surface area (Å²) in [7, 11) is 1.67. The standard InChI is InChI=1S/C24H34N4O4/c1-14(2)21(27-22(30)15(3)25-4)24(32)28-13-17(29)12-20(28)23(31)26-19-11-7-9-16-8-5-6-10-18(16)19/h5-6,8,10,14-15,19-21,25H,7,9,11-13H2,1-4H3,(H,26,31)(H,27,30)/t15-,19?,20-,21-/m0/s1. The third-order valence-electron chi connectivity index (χ3n) is 6.47. The maximum atomic E-state index is 13.3. The number of aryl methyl sites for hydroxylation is 1. The lowest BCUT2D eigenvalue weighted by Gasteiger charge is -2.32. The summed E-state index contributed by atoms with van der Waals surface area (Å²) in [6.07, 6.45) is 2.77. The van der Waals surface area contributed by atoms with Crippen LogP contribution in [0.3, 0.4) is 0 Å². The van der Waals surface area contributed by atoms with Crippen LogP contribution in [0.4, 0.5) is 0 Å². The van der Waals surface area contributed by atoms with Gasteiger partial charge in [-0.25, -0.2) is 0 Å². The Hall–Kier alpha value is -2.74. The quantitative estimate of drug-likeness (QED) is 0.586. The minimum absolute atomic E-state index is 0.00236. The van der Waals surface area contributed by atoms with Gasteiger partial charge in [0.2, 0.25) is 17.7 Å². The number of likely N-dealkylation sites (tertiary alicyclic amines) is 1. The van der Waals surface area contributed by atoms with Crippen molar-refractivity contribution in [2.75, 3.05) is 13.6 Å². The summed E-state index contributed by atoms with van der Waals surface area (Å²) in [5.74, 6) is -1.36. The van der Waals surface area contributed by atoms with Gasteiger partial charge >= 0.3 is 0 Å². The number of fused-ring (bicyclic) bond motifs is 1. The Morgan fingerprint density at radius 1 is 1.12 bits per heavy atom. The normalized spacial score (nSPS) is 22.3. The summed E-state index contributed by atoms with van der Waals surface area (Å²) in [6.45, 7) is 5.26. The van der Waals surface area contributed by atoms with Crippen molar-refractivity contribution >= 4 is 23.5 Å². The molecule has 3 amide bonds. The zero-order valence-corrected chi connectivity index (χ0v) is 19.3. The summed E-state index contributed by atoms with van der Waals surface area (Å²) in [5.41, 5.74) is 2.32. The number of Topliss-reactive ketones (excluding diaryl/α,β-unsaturated/α-hetero) is 1. The zero-order chi connectivity index (χ0) is 23.4. The first-order chi connectivity index (χ1) is 15.2. The molecule has 1 fully saturated rings. The van der Waals surface area contributed by atoms with Crippen molar-refractivity contribution in [1.29, 1.82) is 0 Å². The van der Waals surface area contributed by atoms with E-state index in [2.05, 4.69) is 22.0 Å². The minimum atomic E-state index is -0.857. The molecule has 4 atom stereocenters. The molecule has 32 heavy (non-hydrogen) atoms. The lowest BCUT2D eigenvalue weighted by Crippen LogP contribution is -2.57. The van der Waals surface area contributed by atoms with Gasteiger partial charge in [0.1, 0.15) is 12.1 Å². The highest BCUT2D eigenvalue weighted by Crippen LogP contribution is 2.30. The van der Waals surface area contributed by atoms with E-state index in [0.29, 0.717) is 0 Å². The Balaban J connectivity index is 1.75. The third-order valence-corrected chi connectivity index (χ3v) is 6.47. The highest BCUT2D eigenvalue weighted by molar-refractivity contribution is 6.01. The number of nitrogens with one attached hydrogen (secondary N) is 3. The van der Waals surface area contributed by atoms with E-state index < -0.39 is 24.0 Å².